The van der Waals surface area contributed by atoms with Crippen LogP contribution in [-0.2, 0) is 13.0 Å². The molecule has 1 saturated carbocycles. The van der Waals surface area contributed by atoms with E-state index in [4.69, 9.17) is 4.98 Å². The number of aromatic nitrogens is 2. The van der Waals surface area contributed by atoms with Gasteiger partial charge in [0.15, 0.2) is 5.82 Å². The first-order valence-corrected chi connectivity index (χ1v) is 10.5. The minimum atomic E-state index is 0.0322. The molecule has 1 fully saturated rings. The van der Waals surface area contributed by atoms with Crippen molar-refractivity contribution >= 4 is 11.3 Å². The molecule has 2 aromatic rings. The van der Waals surface area contributed by atoms with E-state index in [1.807, 2.05) is 17.5 Å². The van der Waals surface area contributed by atoms with E-state index in [0.29, 0.717) is 5.41 Å². The maximum absolute atomic E-state index is 12.7. The Kier molecular flexibility index (Phi) is 3.73. The summed E-state index contributed by atoms with van der Waals surface area (Å²) < 4.78 is 0. The second kappa shape index (κ2) is 5.89. The Morgan fingerprint density at radius 3 is 3.04 bits per heavy atom. The SMILES string of the molecule is CC1(C)C2CC=C(CN3CCc4nc(-c5cccs5)[nH]c(=O)c4C3)C1C2. The summed E-state index contributed by atoms with van der Waals surface area (Å²) in [5.74, 6) is 2.33. The molecule has 136 valence electrons. The lowest BCUT2D eigenvalue weighted by molar-refractivity contribution is -0.0110. The molecule has 6 rings (SSSR count). The largest absolute Gasteiger partial charge is 0.306 e. The van der Waals surface area contributed by atoms with Crippen molar-refractivity contribution in [3.63, 3.8) is 0 Å². The highest BCUT2D eigenvalue weighted by Crippen LogP contribution is 2.59. The number of thiophene rings is 1. The topological polar surface area (TPSA) is 49.0 Å². The summed E-state index contributed by atoms with van der Waals surface area (Å²) >= 11 is 1.61. The number of H-pyrrole nitrogens is 1. The molecule has 2 bridgehead atoms. The van der Waals surface area contributed by atoms with Gasteiger partial charge < -0.3 is 4.98 Å². The Hall–Kier alpha value is -1.72. The minimum Gasteiger partial charge on any atom is -0.306 e. The van der Waals surface area contributed by atoms with Crippen molar-refractivity contribution in [1.29, 1.82) is 0 Å². The normalized spacial score (nSPS) is 26.8. The van der Waals surface area contributed by atoms with Crippen LogP contribution in [0.5, 0.6) is 0 Å². The third-order valence-electron chi connectivity index (χ3n) is 6.89. The van der Waals surface area contributed by atoms with Gasteiger partial charge >= 0.3 is 0 Å². The van der Waals surface area contributed by atoms with E-state index < -0.39 is 0 Å². The van der Waals surface area contributed by atoms with Crippen molar-refractivity contribution in [1.82, 2.24) is 14.9 Å². The fraction of sp³-hybridized carbons (Fsp3) is 0.524. The van der Waals surface area contributed by atoms with E-state index in [2.05, 4.69) is 29.8 Å². The summed E-state index contributed by atoms with van der Waals surface area (Å²) in [6.07, 6.45) is 5.93. The molecule has 2 unspecified atom stereocenters. The molecule has 0 radical (unpaired) electrons. The van der Waals surface area contributed by atoms with Crippen molar-refractivity contribution < 1.29 is 0 Å². The second-order valence-electron chi connectivity index (χ2n) is 8.60. The summed E-state index contributed by atoms with van der Waals surface area (Å²) in [6, 6.07) is 4.00. The fourth-order valence-corrected chi connectivity index (χ4v) is 5.73. The molecule has 3 heterocycles. The number of rotatable bonds is 3. The van der Waals surface area contributed by atoms with Crippen LogP contribution in [0.2, 0.25) is 0 Å². The zero-order valence-corrected chi connectivity index (χ0v) is 16.2. The smallest absolute Gasteiger partial charge is 0.255 e. The Morgan fingerprint density at radius 1 is 1.42 bits per heavy atom. The van der Waals surface area contributed by atoms with E-state index in [9.17, 15) is 4.79 Å². The number of nitrogens with zero attached hydrogens (tertiary/aromatic N) is 2. The van der Waals surface area contributed by atoms with Gasteiger partial charge in [-0.25, -0.2) is 4.98 Å². The first-order chi connectivity index (χ1) is 12.5. The third kappa shape index (κ3) is 2.52. The minimum absolute atomic E-state index is 0.0322. The molecule has 0 amide bonds. The lowest BCUT2D eigenvalue weighted by atomic mass is 9.49. The first kappa shape index (κ1) is 16.5. The summed E-state index contributed by atoms with van der Waals surface area (Å²) in [7, 11) is 0. The quantitative estimate of drug-likeness (QED) is 0.839. The second-order valence-corrected chi connectivity index (χ2v) is 9.55. The van der Waals surface area contributed by atoms with Crippen LogP contribution in [-0.4, -0.2) is 28.0 Å². The summed E-state index contributed by atoms with van der Waals surface area (Å²) in [5, 5.41) is 2.01. The van der Waals surface area contributed by atoms with E-state index >= 15 is 0 Å². The van der Waals surface area contributed by atoms with Crippen LogP contribution < -0.4 is 5.56 Å². The van der Waals surface area contributed by atoms with Crippen molar-refractivity contribution in [2.24, 2.45) is 17.3 Å². The van der Waals surface area contributed by atoms with Crippen molar-refractivity contribution in [2.45, 2.75) is 39.7 Å². The van der Waals surface area contributed by atoms with Gasteiger partial charge in [0.2, 0.25) is 0 Å². The van der Waals surface area contributed by atoms with Gasteiger partial charge in [0.05, 0.1) is 16.1 Å². The number of hydrogen-bond donors (Lipinski definition) is 1. The molecule has 2 atom stereocenters. The molecule has 5 heteroatoms. The number of allylic oxidation sites excluding steroid dienone is 1. The molecule has 0 spiro atoms. The lowest BCUT2D eigenvalue weighted by Gasteiger charge is -2.57. The van der Waals surface area contributed by atoms with Crippen LogP contribution in [0, 0.1) is 17.3 Å². The van der Waals surface area contributed by atoms with Gasteiger partial charge in [0, 0.05) is 26.1 Å². The summed E-state index contributed by atoms with van der Waals surface area (Å²) in [4.78, 5) is 23.9. The van der Waals surface area contributed by atoms with Gasteiger partial charge in [-0.1, -0.05) is 31.6 Å². The molecule has 2 aromatic heterocycles. The zero-order chi connectivity index (χ0) is 17.9. The molecule has 1 aliphatic heterocycles. The molecular formula is C21H25N3OS. The lowest BCUT2D eigenvalue weighted by Crippen LogP contribution is -2.50. The fourth-order valence-electron chi connectivity index (χ4n) is 5.06. The van der Waals surface area contributed by atoms with Crippen molar-refractivity contribution in [3.05, 3.63) is 50.8 Å². The van der Waals surface area contributed by atoms with Gasteiger partial charge in [0.25, 0.3) is 5.56 Å². The Balaban J connectivity index is 1.36. The molecule has 3 aliphatic carbocycles. The first-order valence-electron chi connectivity index (χ1n) is 9.59. The van der Waals surface area contributed by atoms with Crippen LogP contribution in [0.15, 0.2) is 34.0 Å². The van der Waals surface area contributed by atoms with Gasteiger partial charge in [-0.2, -0.15) is 0 Å². The van der Waals surface area contributed by atoms with E-state index in [-0.39, 0.29) is 5.56 Å². The van der Waals surface area contributed by atoms with Gasteiger partial charge in [0.1, 0.15) is 0 Å². The maximum Gasteiger partial charge on any atom is 0.255 e. The van der Waals surface area contributed by atoms with Crippen LogP contribution in [0.1, 0.15) is 37.9 Å². The summed E-state index contributed by atoms with van der Waals surface area (Å²) in [6.45, 7) is 7.56. The molecular weight excluding hydrogens is 342 g/mol. The van der Waals surface area contributed by atoms with E-state index in [1.165, 1.54) is 12.8 Å². The zero-order valence-electron chi connectivity index (χ0n) is 15.4. The Labute approximate surface area is 158 Å². The number of fused-ring (bicyclic) bond motifs is 2. The van der Waals surface area contributed by atoms with Gasteiger partial charge in [-0.3, -0.25) is 9.69 Å². The van der Waals surface area contributed by atoms with Crippen LogP contribution in [0.4, 0.5) is 0 Å². The van der Waals surface area contributed by atoms with Crippen LogP contribution in [0.3, 0.4) is 0 Å². The van der Waals surface area contributed by atoms with Crippen molar-refractivity contribution in [2.75, 3.05) is 13.1 Å². The van der Waals surface area contributed by atoms with E-state index in [1.54, 1.807) is 16.9 Å². The van der Waals surface area contributed by atoms with Crippen molar-refractivity contribution in [3.8, 4) is 10.7 Å². The summed E-state index contributed by atoms with van der Waals surface area (Å²) in [5.41, 5.74) is 3.94. The highest BCUT2D eigenvalue weighted by atomic mass is 32.1. The Morgan fingerprint density at radius 2 is 2.31 bits per heavy atom. The molecule has 0 saturated heterocycles. The Bertz CT molecular complexity index is 925. The predicted molar refractivity (Wildman–Crippen MR) is 105 cm³/mol. The molecule has 0 aromatic carbocycles. The number of hydrogen-bond acceptors (Lipinski definition) is 4. The monoisotopic (exact) mass is 367 g/mol. The van der Waals surface area contributed by atoms with E-state index in [0.717, 1.165) is 59.8 Å². The highest BCUT2D eigenvalue weighted by Gasteiger charge is 2.51. The average Bonchev–Trinajstić information content (AvgIpc) is 3.17. The third-order valence-corrected chi connectivity index (χ3v) is 7.77. The molecule has 1 N–H and O–H groups in total. The number of aromatic amines is 1. The number of nitrogens with one attached hydrogen (secondary N) is 1. The van der Waals surface area contributed by atoms with Gasteiger partial charge in [-0.05, 0) is 41.5 Å². The molecule has 4 nitrogen and oxygen atoms in total. The average molecular weight is 368 g/mol. The van der Waals surface area contributed by atoms with Gasteiger partial charge in [-0.15, -0.1) is 11.3 Å². The highest BCUT2D eigenvalue weighted by molar-refractivity contribution is 7.13. The standard InChI is InChI=1S/C21H25N3OS/c1-21(2)14-6-5-13(16(21)10-14)11-24-8-7-17-15(12-24)20(25)23-19(22-17)18-4-3-9-26-18/h3-5,9,14,16H,6-8,10-12H2,1-2H3,(H,22,23,25). The molecule has 26 heavy (non-hydrogen) atoms. The van der Waals surface area contributed by atoms with Crippen LogP contribution >= 0.6 is 11.3 Å². The maximum atomic E-state index is 12.7. The predicted octanol–water partition coefficient (Wildman–Crippen LogP) is 3.85. The van der Waals surface area contributed by atoms with Crippen LogP contribution in [0.25, 0.3) is 10.7 Å². The molecule has 4 aliphatic rings.